The summed E-state index contributed by atoms with van der Waals surface area (Å²) in [6.45, 7) is 2.01. The van der Waals surface area contributed by atoms with Gasteiger partial charge in [-0.1, -0.05) is 43.7 Å². The van der Waals surface area contributed by atoms with Crippen LogP contribution in [-0.4, -0.2) is 12.6 Å². The van der Waals surface area contributed by atoms with Gasteiger partial charge in [0.05, 0.1) is 6.61 Å². The Morgan fingerprint density at radius 3 is 2.47 bits per heavy atom. The van der Waals surface area contributed by atoms with Crippen LogP contribution in [0, 0.1) is 0 Å². The molecule has 0 bridgehead atoms. The maximum Gasteiger partial charge on any atom is 0.370 e. The van der Waals surface area contributed by atoms with Crippen LogP contribution in [0.2, 0.25) is 0 Å². The molecule has 0 spiro atoms. The average Bonchev–Trinajstić information content (AvgIpc) is 2.38. The summed E-state index contributed by atoms with van der Waals surface area (Å²) < 4.78 is 31.4. The van der Waals surface area contributed by atoms with E-state index in [0.717, 1.165) is 6.42 Å². The lowest BCUT2D eigenvalue weighted by Crippen LogP contribution is -2.07. The lowest BCUT2D eigenvalue weighted by Gasteiger charge is -2.03. The van der Waals surface area contributed by atoms with Crippen LogP contribution < -0.4 is 0 Å². The number of benzene rings is 1. The van der Waals surface area contributed by atoms with Crippen molar-refractivity contribution in [2.24, 2.45) is 0 Å². The Morgan fingerprint density at radius 1 is 1.24 bits per heavy atom. The van der Waals surface area contributed by atoms with Gasteiger partial charge in [-0.25, -0.2) is 9.18 Å². The highest BCUT2D eigenvalue weighted by molar-refractivity contribution is 5.93. The number of esters is 1. The van der Waals surface area contributed by atoms with Crippen molar-refractivity contribution < 1.29 is 18.3 Å². The molecule has 0 saturated heterocycles. The number of ether oxygens (including phenoxy) is 1. The van der Waals surface area contributed by atoms with Crippen LogP contribution in [0.5, 0.6) is 0 Å². The fraction of sp³-hybridized carbons (Fsp3) is 0.308. The second kappa shape index (κ2) is 6.78. The van der Waals surface area contributed by atoms with Crippen molar-refractivity contribution in [1.82, 2.24) is 0 Å². The van der Waals surface area contributed by atoms with E-state index in [4.69, 9.17) is 0 Å². The zero-order valence-electron chi connectivity index (χ0n) is 9.58. The maximum absolute atomic E-state index is 13.5. The average molecular weight is 240 g/mol. The number of rotatable bonds is 5. The van der Waals surface area contributed by atoms with Gasteiger partial charge in [0, 0.05) is 5.56 Å². The molecular formula is C13H14F2O2. The molecule has 92 valence electrons. The zero-order chi connectivity index (χ0) is 12.7. The van der Waals surface area contributed by atoms with Crippen molar-refractivity contribution in [1.29, 1.82) is 0 Å². The molecular weight excluding hydrogens is 226 g/mol. The number of carbonyl (C=O) groups is 1. The van der Waals surface area contributed by atoms with Gasteiger partial charge in [0.15, 0.2) is 5.83 Å². The quantitative estimate of drug-likeness (QED) is 0.446. The lowest BCUT2D eigenvalue weighted by atomic mass is 10.2. The topological polar surface area (TPSA) is 26.3 Å². The number of unbranched alkanes of at least 4 members (excludes halogenated alkanes) is 1. The summed E-state index contributed by atoms with van der Waals surface area (Å²) in [6, 6.07) is 7.56. The molecule has 0 atom stereocenters. The first-order valence-electron chi connectivity index (χ1n) is 5.44. The largest absolute Gasteiger partial charge is 0.460 e. The van der Waals surface area contributed by atoms with E-state index in [2.05, 4.69) is 4.74 Å². The molecule has 0 unspecified atom stereocenters. The van der Waals surface area contributed by atoms with Crippen molar-refractivity contribution in [3.05, 3.63) is 41.7 Å². The second-order valence-electron chi connectivity index (χ2n) is 3.48. The first kappa shape index (κ1) is 13.4. The van der Waals surface area contributed by atoms with Gasteiger partial charge in [-0.15, -0.1) is 0 Å². The van der Waals surface area contributed by atoms with Crippen molar-refractivity contribution in [3.63, 3.8) is 0 Å². The van der Waals surface area contributed by atoms with E-state index in [0.29, 0.717) is 6.42 Å². The Labute approximate surface area is 98.9 Å². The summed E-state index contributed by atoms with van der Waals surface area (Å²) in [5.74, 6) is -3.92. The first-order valence-corrected chi connectivity index (χ1v) is 5.44. The highest BCUT2D eigenvalue weighted by Gasteiger charge is 2.18. The van der Waals surface area contributed by atoms with Crippen LogP contribution in [0.15, 0.2) is 36.2 Å². The molecule has 4 heteroatoms. The zero-order valence-corrected chi connectivity index (χ0v) is 9.58. The summed E-state index contributed by atoms with van der Waals surface area (Å²) in [5.41, 5.74) is 0.0254. The van der Waals surface area contributed by atoms with Gasteiger partial charge in [0.2, 0.25) is 5.83 Å². The number of carbonyl (C=O) groups excluding carboxylic acids is 1. The van der Waals surface area contributed by atoms with E-state index in [-0.39, 0.29) is 12.2 Å². The Bertz CT molecular complexity index is 399. The molecule has 0 aliphatic heterocycles. The Hall–Kier alpha value is -1.71. The fourth-order valence-corrected chi connectivity index (χ4v) is 1.17. The minimum absolute atomic E-state index is 0.0254. The van der Waals surface area contributed by atoms with E-state index in [1.807, 2.05) is 6.92 Å². The third kappa shape index (κ3) is 3.98. The van der Waals surface area contributed by atoms with E-state index in [1.54, 1.807) is 18.2 Å². The number of hydrogen-bond acceptors (Lipinski definition) is 2. The predicted octanol–water partition coefficient (Wildman–Crippen LogP) is 3.64. The minimum Gasteiger partial charge on any atom is -0.460 e. The van der Waals surface area contributed by atoms with Gasteiger partial charge in [-0.2, -0.15) is 4.39 Å². The SMILES string of the molecule is CCCCOC(=O)/C(F)=C(\F)c1ccccc1. The summed E-state index contributed by atoms with van der Waals surface area (Å²) >= 11 is 0. The molecule has 0 fully saturated rings. The lowest BCUT2D eigenvalue weighted by molar-refractivity contribution is -0.140. The van der Waals surface area contributed by atoms with Crippen molar-refractivity contribution in [2.45, 2.75) is 19.8 Å². The van der Waals surface area contributed by atoms with Gasteiger partial charge in [-0.3, -0.25) is 0 Å². The third-order valence-electron chi connectivity index (χ3n) is 2.13. The van der Waals surface area contributed by atoms with Gasteiger partial charge in [-0.05, 0) is 6.42 Å². The summed E-state index contributed by atoms with van der Waals surface area (Å²) in [5, 5.41) is 0. The van der Waals surface area contributed by atoms with Gasteiger partial charge in [0.25, 0.3) is 0 Å². The smallest absolute Gasteiger partial charge is 0.370 e. The first-order chi connectivity index (χ1) is 8.16. The van der Waals surface area contributed by atoms with Crippen LogP contribution >= 0.6 is 0 Å². The maximum atomic E-state index is 13.5. The summed E-state index contributed by atoms with van der Waals surface area (Å²) in [6.07, 6.45) is 1.45. The van der Waals surface area contributed by atoms with Gasteiger partial charge >= 0.3 is 5.97 Å². The van der Waals surface area contributed by atoms with E-state index < -0.39 is 17.6 Å². The highest BCUT2D eigenvalue weighted by Crippen LogP contribution is 2.21. The molecule has 0 N–H and O–H groups in total. The van der Waals surface area contributed by atoms with Gasteiger partial charge < -0.3 is 4.74 Å². The second-order valence-corrected chi connectivity index (χ2v) is 3.48. The van der Waals surface area contributed by atoms with Crippen molar-refractivity contribution in [3.8, 4) is 0 Å². The molecule has 0 aromatic heterocycles. The summed E-state index contributed by atoms with van der Waals surface area (Å²) in [4.78, 5) is 11.1. The Kier molecular flexibility index (Phi) is 5.33. The fourth-order valence-electron chi connectivity index (χ4n) is 1.17. The van der Waals surface area contributed by atoms with Crippen LogP contribution in [0.1, 0.15) is 25.3 Å². The monoisotopic (exact) mass is 240 g/mol. The van der Waals surface area contributed by atoms with E-state index in [9.17, 15) is 13.6 Å². The van der Waals surface area contributed by atoms with Crippen LogP contribution in [-0.2, 0) is 9.53 Å². The van der Waals surface area contributed by atoms with Crippen LogP contribution in [0.3, 0.4) is 0 Å². The molecule has 1 aromatic carbocycles. The molecule has 0 heterocycles. The van der Waals surface area contributed by atoms with Crippen LogP contribution in [0.25, 0.3) is 5.83 Å². The normalized spacial score (nSPS) is 11.9. The number of halogens is 2. The predicted molar refractivity (Wildman–Crippen MR) is 61.4 cm³/mol. The Balaban J connectivity index is 2.72. The van der Waals surface area contributed by atoms with E-state index >= 15 is 0 Å². The molecule has 1 rings (SSSR count). The number of hydrogen-bond donors (Lipinski definition) is 0. The molecule has 0 radical (unpaired) electrons. The molecule has 1 aromatic rings. The van der Waals surface area contributed by atoms with Gasteiger partial charge in [0.1, 0.15) is 0 Å². The summed E-state index contributed by atoms with van der Waals surface area (Å²) in [7, 11) is 0. The van der Waals surface area contributed by atoms with Crippen molar-refractivity contribution >= 4 is 11.8 Å². The Morgan fingerprint density at radius 2 is 1.88 bits per heavy atom. The molecule has 0 saturated carbocycles. The molecule has 17 heavy (non-hydrogen) atoms. The van der Waals surface area contributed by atoms with Crippen molar-refractivity contribution in [2.75, 3.05) is 6.61 Å². The van der Waals surface area contributed by atoms with Crippen LogP contribution in [0.4, 0.5) is 8.78 Å². The highest BCUT2D eigenvalue weighted by atomic mass is 19.2. The molecule has 0 aliphatic carbocycles. The third-order valence-corrected chi connectivity index (χ3v) is 2.13. The molecule has 2 nitrogen and oxygen atoms in total. The standard InChI is InChI=1S/C13H14F2O2/c1-2-3-9-17-13(16)12(15)11(14)10-7-5-4-6-8-10/h4-8H,2-3,9H2,1H3/b12-11+. The minimum atomic E-state index is -1.48. The van der Waals surface area contributed by atoms with E-state index in [1.165, 1.54) is 12.1 Å². The molecule has 0 aliphatic rings. The molecule has 0 amide bonds.